The summed E-state index contributed by atoms with van der Waals surface area (Å²) >= 11 is 1.34. The second-order valence-corrected chi connectivity index (χ2v) is 8.26. The van der Waals surface area contributed by atoms with Crippen molar-refractivity contribution in [3.8, 4) is 0 Å². The lowest BCUT2D eigenvalue weighted by atomic mass is 9.96. The van der Waals surface area contributed by atoms with Gasteiger partial charge in [-0.15, -0.1) is 11.3 Å². The third kappa shape index (κ3) is 3.30. The molecular weight excluding hydrogens is 344 g/mol. The van der Waals surface area contributed by atoms with Crippen molar-refractivity contribution in [2.24, 2.45) is 5.92 Å². The third-order valence-corrected chi connectivity index (χ3v) is 6.39. The van der Waals surface area contributed by atoms with Gasteiger partial charge in [0.25, 0.3) is 0 Å². The van der Waals surface area contributed by atoms with Crippen LogP contribution in [0.1, 0.15) is 17.7 Å². The van der Waals surface area contributed by atoms with Crippen LogP contribution >= 0.6 is 11.3 Å². The smallest absolute Gasteiger partial charge is 0.243 e. The number of nitrogens with one attached hydrogen (secondary N) is 1. The number of rotatable bonds is 6. The fraction of sp³-hybridized carbons (Fsp3) is 0.333. The SMILES string of the molecule is O=S(=O)(NCC(O)(c1cccs1)C1CC1)c1ccc(F)cc1F. The third-order valence-electron chi connectivity index (χ3n) is 3.92. The standard InChI is InChI=1S/C15H15F2NO3S2/c16-11-5-6-13(12(17)8-11)23(20,21)18-9-15(19,10-3-4-10)14-2-1-7-22-14/h1-2,5-8,10,18-19H,3-4,9H2. The summed E-state index contributed by atoms with van der Waals surface area (Å²) < 4.78 is 53.3. The van der Waals surface area contributed by atoms with E-state index in [1.54, 1.807) is 17.5 Å². The summed E-state index contributed by atoms with van der Waals surface area (Å²) in [7, 11) is -4.18. The Morgan fingerprint density at radius 1 is 1.30 bits per heavy atom. The molecule has 1 fully saturated rings. The van der Waals surface area contributed by atoms with Gasteiger partial charge in [0, 0.05) is 17.5 Å². The van der Waals surface area contributed by atoms with Crippen LogP contribution in [0.2, 0.25) is 0 Å². The van der Waals surface area contributed by atoms with E-state index in [1.807, 2.05) is 0 Å². The van der Waals surface area contributed by atoms with E-state index in [9.17, 15) is 22.3 Å². The molecule has 2 N–H and O–H groups in total. The Bertz CT molecular complexity index is 804. The van der Waals surface area contributed by atoms with Gasteiger partial charge in [-0.1, -0.05) is 6.07 Å². The number of benzene rings is 1. The summed E-state index contributed by atoms with van der Waals surface area (Å²) in [5.41, 5.74) is -1.31. The molecule has 1 aromatic heterocycles. The fourth-order valence-corrected chi connectivity index (χ4v) is 4.53. The Labute approximate surface area is 136 Å². The Hall–Kier alpha value is -1.35. The Balaban J connectivity index is 1.83. The monoisotopic (exact) mass is 359 g/mol. The largest absolute Gasteiger partial charge is 0.383 e. The highest BCUT2D eigenvalue weighted by atomic mass is 32.2. The molecule has 1 atom stereocenters. The summed E-state index contributed by atoms with van der Waals surface area (Å²) in [6.45, 7) is -0.253. The molecule has 0 radical (unpaired) electrons. The van der Waals surface area contributed by atoms with Crippen LogP contribution in [0.5, 0.6) is 0 Å². The summed E-state index contributed by atoms with van der Waals surface area (Å²) in [6, 6.07) is 5.79. The minimum atomic E-state index is -4.18. The van der Waals surface area contributed by atoms with Crippen LogP contribution in [0.25, 0.3) is 0 Å². The van der Waals surface area contributed by atoms with Crippen LogP contribution in [0, 0.1) is 17.6 Å². The molecule has 1 aliphatic carbocycles. The quantitative estimate of drug-likeness (QED) is 0.833. The Kier molecular flexibility index (Phi) is 4.26. The summed E-state index contributed by atoms with van der Waals surface area (Å²) in [4.78, 5) is 0.0329. The number of halogens is 2. The molecule has 0 bridgehead atoms. The van der Waals surface area contributed by atoms with Crippen LogP contribution < -0.4 is 4.72 Å². The maximum atomic E-state index is 13.7. The lowest BCUT2D eigenvalue weighted by Gasteiger charge is -2.27. The second-order valence-electron chi connectivity index (χ2n) is 5.58. The van der Waals surface area contributed by atoms with Crippen molar-refractivity contribution in [3.63, 3.8) is 0 Å². The topological polar surface area (TPSA) is 66.4 Å². The van der Waals surface area contributed by atoms with Crippen LogP contribution in [0.4, 0.5) is 8.78 Å². The molecule has 2 aromatic rings. The van der Waals surface area contributed by atoms with Crippen molar-refractivity contribution < 1.29 is 22.3 Å². The van der Waals surface area contributed by atoms with Crippen LogP contribution in [-0.2, 0) is 15.6 Å². The molecule has 0 saturated heterocycles. The van der Waals surface area contributed by atoms with E-state index >= 15 is 0 Å². The molecule has 0 amide bonds. The van der Waals surface area contributed by atoms with Crippen molar-refractivity contribution in [2.75, 3.05) is 6.54 Å². The normalized spacial score (nSPS) is 17.9. The van der Waals surface area contributed by atoms with Crippen LogP contribution in [0.15, 0.2) is 40.6 Å². The van der Waals surface area contributed by atoms with Gasteiger partial charge >= 0.3 is 0 Å². The maximum Gasteiger partial charge on any atom is 0.243 e. The van der Waals surface area contributed by atoms with Crippen molar-refractivity contribution in [1.29, 1.82) is 0 Å². The predicted molar refractivity (Wildman–Crippen MR) is 82.5 cm³/mol. The molecule has 1 unspecified atom stereocenters. The van der Waals surface area contributed by atoms with E-state index in [4.69, 9.17) is 0 Å². The zero-order valence-corrected chi connectivity index (χ0v) is 13.6. The molecular formula is C15H15F2NO3S2. The molecule has 3 rings (SSSR count). The first kappa shape index (κ1) is 16.5. The van der Waals surface area contributed by atoms with Gasteiger partial charge in [-0.3, -0.25) is 0 Å². The van der Waals surface area contributed by atoms with Crippen LogP contribution in [-0.4, -0.2) is 20.1 Å². The fourth-order valence-electron chi connectivity index (χ4n) is 2.49. The minimum absolute atomic E-state index is 0.0260. The molecule has 23 heavy (non-hydrogen) atoms. The van der Waals surface area contributed by atoms with E-state index in [0.717, 1.165) is 25.0 Å². The van der Waals surface area contributed by atoms with Crippen molar-refractivity contribution in [2.45, 2.75) is 23.3 Å². The van der Waals surface area contributed by atoms with Gasteiger partial charge in [0.1, 0.15) is 22.1 Å². The first-order valence-electron chi connectivity index (χ1n) is 7.04. The predicted octanol–water partition coefficient (Wildman–Crippen LogP) is 2.60. The van der Waals surface area contributed by atoms with Crippen molar-refractivity contribution in [1.82, 2.24) is 4.72 Å². The highest BCUT2D eigenvalue weighted by Crippen LogP contribution is 2.46. The minimum Gasteiger partial charge on any atom is -0.383 e. The van der Waals surface area contributed by atoms with Gasteiger partial charge in [-0.2, -0.15) is 0 Å². The maximum absolute atomic E-state index is 13.7. The number of sulfonamides is 1. The van der Waals surface area contributed by atoms with Gasteiger partial charge in [0.05, 0.1) is 0 Å². The highest BCUT2D eigenvalue weighted by Gasteiger charge is 2.46. The zero-order valence-electron chi connectivity index (χ0n) is 12.0. The zero-order chi connectivity index (χ0) is 16.7. The van der Waals surface area contributed by atoms with Crippen molar-refractivity contribution in [3.05, 3.63) is 52.2 Å². The van der Waals surface area contributed by atoms with Crippen LogP contribution in [0.3, 0.4) is 0 Å². The molecule has 1 heterocycles. The lowest BCUT2D eigenvalue weighted by molar-refractivity contribution is 0.0222. The van der Waals surface area contributed by atoms with E-state index in [2.05, 4.69) is 4.72 Å². The summed E-state index contributed by atoms with van der Waals surface area (Å²) in [5.74, 6) is -2.04. The molecule has 1 aliphatic rings. The van der Waals surface area contributed by atoms with Gasteiger partial charge in [-0.05, 0) is 42.3 Å². The van der Waals surface area contributed by atoms with Crippen molar-refractivity contribution >= 4 is 21.4 Å². The number of hydrogen-bond donors (Lipinski definition) is 2. The second kappa shape index (κ2) is 5.94. The van der Waals surface area contributed by atoms with E-state index < -0.39 is 32.2 Å². The highest BCUT2D eigenvalue weighted by molar-refractivity contribution is 7.89. The first-order valence-corrected chi connectivity index (χ1v) is 9.40. The summed E-state index contributed by atoms with van der Waals surface area (Å²) in [5, 5.41) is 12.7. The first-order chi connectivity index (χ1) is 10.8. The molecule has 4 nitrogen and oxygen atoms in total. The molecule has 1 aromatic carbocycles. The number of aliphatic hydroxyl groups is 1. The summed E-state index contributed by atoms with van der Waals surface area (Å²) in [6.07, 6.45) is 1.61. The molecule has 0 spiro atoms. The van der Waals surface area contributed by atoms with E-state index in [-0.39, 0.29) is 12.5 Å². The Morgan fingerprint density at radius 2 is 2.04 bits per heavy atom. The molecule has 1 saturated carbocycles. The average Bonchev–Trinajstić information content (AvgIpc) is 3.20. The van der Waals surface area contributed by atoms with E-state index in [0.29, 0.717) is 10.9 Å². The van der Waals surface area contributed by atoms with Gasteiger partial charge in [0.2, 0.25) is 10.0 Å². The van der Waals surface area contributed by atoms with Gasteiger partial charge in [-0.25, -0.2) is 21.9 Å². The molecule has 124 valence electrons. The molecule has 0 aliphatic heterocycles. The number of thiophene rings is 1. The average molecular weight is 359 g/mol. The lowest BCUT2D eigenvalue weighted by Crippen LogP contribution is -2.42. The number of hydrogen-bond acceptors (Lipinski definition) is 4. The van der Waals surface area contributed by atoms with E-state index in [1.165, 1.54) is 11.3 Å². The van der Waals surface area contributed by atoms with Gasteiger partial charge in [0.15, 0.2) is 0 Å². The Morgan fingerprint density at radius 3 is 2.61 bits per heavy atom. The molecule has 8 heteroatoms. The van der Waals surface area contributed by atoms with Gasteiger partial charge < -0.3 is 5.11 Å².